The van der Waals surface area contributed by atoms with E-state index >= 15 is 0 Å². The van der Waals surface area contributed by atoms with E-state index in [9.17, 15) is 10.2 Å². The van der Waals surface area contributed by atoms with E-state index in [1.807, 2.05) is 36.7 Å². The molecule has 4 aromatic carbocycles. The molecule has 0 radical (unpaired) electrons. The Morgan fingerprint density at radius 1 is 0.525 bits per heavy atom. The number of para-hydroxylation sites is 1. The van der Waals surface area contributed by atoms with Gasteiger partial charge in [-0.05, 0) is 94.0 Å². The standard InChI is InChI=1S/2C24H25N3OS.ClH/c28-23(20-17-29-24-8-4-2-5-18(20)24)10-12-26-13-15-27(16-14-26)22-9-11-25-21-7-3-1-6-19(21)22;28-23(21-17-29-24-6-2-1-5-20(21)24)9-11-26-12-14-27(15-13-26)19-7-8-22-18(16-19)4-3-10-25-22;/h1-9,11,17,23,28H,10,12-16H2;1-8,10,16-17,23,28H,9,11-15H2;1H. The number of benzene rings is 4. The molecule has 8 aromatic rings. The summed E-state index contributed by atoms with van der Waals surface area (Å²) in [6.07, 6.45) is 4.52. The molecule has 2 aliphatic heterocycles. The zero-order chi connectivity index (χ0) is 39.3. The number of thiophene rings is 2. The molecule has 2 saturated heterocycles. The Hall–Kier alpha value is -4.65. The van der Waals surface area contributed by atoms with Crippen molar-refractivity contribution in [3.05, 3.63) is 143 Å². The van der Waals surface area contributed by atoms with Crippen LogP contribution in [0.3, 0.4) is 0 Å². The summed E-state index contributed by atoms with van der Waals surface area (Å²) in [6, 6.07) is 37.8. The van der Waals surface area contributed by atoms with Crippen molar-refractivity contribution in [3.8, 4) is 0 Å². The van der Waals surface area contributed by atoms with Crippen molar-refractivity contribution in [3.63, 3.8) is 0 Å². The fourth-order valence-corrected chi connectivity index (χ4v) is 10.5. The smallest absolute Gasteiger partial charge is 0.0816 e. The largest absolute Gasteiger partial charge is 0.388 e. The minimum absolute atomic E-state index is 0. The maximum absolute atomic E-state index is 10.7. The van der Waals surface area contributed by atoms with Gasteiger partial charge in [-0.2, -0.15) is 0 Å². The number of fused-ring (bicyclic) bond motifs is 4. The first-order valence-electron chi connectivity index (χ1n) is 20.5. The minimum Gasteiger partial charge on any atom is -0.388 e. The van der Waals surface area contributed by atoms with Crippen molar-refractivity contribution in [1.82, 2.24) is 19.8 Å². The maximum Gasteiger partial charge on any atom is 0.0816 e. The van der Waals surface area contributed by atoms with Gasteiger partial charge in [0.2, 0.25) is 0 Å². The van der Waals surface area contributed by atoms with Gasteiger partial charge < -0.3 is 20.0 Å². The molecule has 304 valence electrons. The van der Waals surface area contributed by atoms with Crippen LogP contribution in [0.5, 0.6) is 0 Å². The third-order valence-electron chi connectivity index (χ3n) is 11.8. The molecular formula is C48H51ClN6O2S2. The third-order valence-corrected chi connectivity index (χ3v) is 13.8. The second-order valence-corrected chi connectivity index (χ2v) is 17.2. The Bertz CT molecular complexity index is 2590. The van der Waals surface area contributed by atoms with E-state index in [1.165, 1.54) is 42.3 Å². The number of rotatable bonds is 10. The first-order chi connectivity index (χ1) is 28.6. The molecule has 4 aromatic heterocycles. The molecule has 2 N–H and O–H groups in total. The molecule has 59 heavy (non-hydrogen) atoms. The Kier molecular flexibility index (Phi) is 13.3. The van der Waals surface area contributed by atoms with Gasteiger partial charge >= 0.3 is 0 Å². The van der Waals surface area contributed by atoms with Crippen molar-refractivity contribution in [1.29, 1.82) is 0 Å². The molecule has 2 unspecified atom stereocenters. The quantitative estimate of drug-likeness (QED) is 0.141. The number of piperazine rings is 2. The summed E-state index contributed by atoms with van der Waals surface area (Å²) in [5.74, 6) is 0. The zero-order valence-corrected chi connectivity index (χ0v) is 35.6. The number of halogens is 1. The fourth-order valence-electron chi connectivity index (χ4n) is 8.49. The number of hydrogen-bond donors (Lipinski definition) is 2. The first-order valence-corrected chi connectivity index (χ1v) is 22.2. The molecule has 8 nitrogen and oxygen atoms in total. The molecule has 6 heterocycles. The number of anilines is 2. The first kappa shape index (κ1) is 41.1. The van der Waals surface area contributed by atoms with Gasteiger partial charge in [0.1, 0.15) is 0 Å². The zero-order valence-electron chi connectivity index (χ0n) is 33.1. The Balaban J connectivity index is 0.000000161. The maximum atomic E-state index is 10.7. The molecule has 2 aliphatic rings. The summed E-state index contributed by atoms with van der Waals surface area (Å²) in [5, 5.41) is 30.5. The highest BCUT2D eigenvalue weighted by atomic mass is 35.5. The molecular weight excluding hydrogens is 792 g/mol. The lowest BCUT2D eigenvalue weighted by Crippen LogP contribution is -2.46. The lowest BCUT2D eigenvalue weighted by atomic mass is 10.1. The lowest BCUT2D eigenvalue weighted by Gasteiger charge is -2.36. The van der Waals surface area contributed by atoms with Crippen LogP contribution in [-0.4, -0.2) is 95.4 Å². The lowest BCUT2D eigenvalue weighted by molar-refractivity contribution is 0.140. The number of hydrogen-bond acceptors (Lipinski definition) is 10. The van der Waals surface area contributed by atoms with Crippen molar-refractivity contribution in [2.45, 2.75) is 25.0 Å². The van der Waals surface area contributed by atoms with Crippen molar-refractivity contribution in [2.24, 2.45) is 0 Å². The Morgan fingerprint density at radius 3 is 1.69 bits per heavy atom. The van der Waals surface area contributed by atoms with E-state index in [0.29, 0.717) is 0 Å². The molecule has 11 heteroatoms. The second kappa shape index (κ2) is 19.2. The van der Waals surface area contributed by atoms with Crippen molar-refractivity contribution < 1.29 is 10.2 Å². The number of aliphatic hydroxyl groups excluding tert-OH is 2. The topological polar surface area (TPSA) is 79.2 Å². The molecule has 0 amide bonds. The second-order valence-electron chi connectivity index (χ2n) is 15.4. The monoisotopic (exact) mass is 842 g/mol. The van der Waals surface area contributed by atoms with Crippen LogP contribution < -0.4 is 9.80 Å². The van der Waals surface area contributed by atoms with Gasteiger partial charge in [0.05, 0.1) is 23.2 Å². The summed E-state index contributed by atoms with van der Waals surface area (Å²) >= 11 is 3.43. The minimum atomic E-state index is -0.395. The molecule has 0 aliphatic carbocycles. The average molecular weight is 844 g/mol. The van der Waals surface area contributed by atoms with Crippen LogP contribution in [0.15, 0.2) is 132 Å². The van der Waals surface area contributed by atoms with Gasteiger partial charge in [0.25, 0.3) is 0 Å². The molecule has 2 fully saturated rings. The van der Waals surface area contributed by atoms with Gasteiger partial charge in [-0.15, -0.1) is 35.1 Å². The van der Waals surface area contributed by atoms with E-state index in [4.69, 9.17) is 0 Å². The predicted molar refractivity (Wildman–Crippen MR) is 251 cm³/mol. The van der Waals surface area contributed by atoms with Crippen LogP contribution in [0.2, 0.25) is 0 Å². The summed E-state index contributed by atoms with van der Waals surface area (Å²) in [7, 11) is 0. The molecule has 10 rings (SSSR count). The number of aliphatic hydroxyl groups is 2. The van der Waals surface area contributed by atoms with Crippen LogP contribution >= 0.6 is 35.1 Å². The molecule has 2 atom stereocenters. The van der Waals surface area contributed by atoms with Crippen LogP contribution in [0, 0.1) is 0 Å². The van der Waals surface area contributed by atoms with E-state index in [0.717, 1.165) is 100 Å². The fraction of sp³-hybridized carbons (Fsp3) is 0.292. The highest BCUT2D eigenvalue weighted by Crippen LogP contribution is 2.34. The van der Waals surface area contributed by atoms with Gasteiger partial charge in [-0.1, -0.05) is 60.7 Å². The van der Waals surface area contributed by atoms with Gasteiger partial charge in [0.15, 0.2) is 0 Å². The predicted octanol–water partition coefficient (Wildman–Crippen LogP) is 9.81. The van der Waals surface area contributed by atoms with Crippen LogP contribution in [0.1, 0.15) is 36.2 Å². The highest BCUT2D eigenvalue weighted by Gasteiger charge is 2.22. The van der Waals surface area contributed by atoms with Crippen LogP contribution in [-0.2, 0) is 0 Å². The summed E-state index contributed by atoms with van der Waals surface area (Å²) < 4.78 is 2.50. The summed E-state index contributed by atoms with van der Waals surface area (Å²) in [6.45, 7) is 10.0. The number of pyridine rings is 2. The van der Waals surface area contributed by atoms with E-state index in [-0.39, 0.29) is 12.4 Å². The normalized spacial score (nSPS) is 16.2. The van der Waals surface area contributed by atoms with Crippen molar-refractivity contribution in [2.75, 3.05) is 75.2 Å². The van der Waals surface area contributed by atoms with Gasteiger partial charge in [0, 0.05) is 109 Å². The highest BCUT2D eigenvalue weighted by molar-refractivity contribution is 7.17. The summed E-state index contributed by atoms with van der Waals surface area (Å²) in [5.41, 5.74) is 6.81. The van der Waals surface area contributed by atoms with Gasteiger partial charge in [-0.25, -0.2) is 0 Å². The van der Waals surface area contributed by atoms with E-state index in [1.54, 1.807) is 22.7 Å². The Morgan fingerprint density at radius 2 is 1.07 bits per heavy atom. The van der Waals surface area contributed by atoms with Gasteiger partial charge in [-0.3, -0.25) is 19.8 Å². The van der Waals surface area contributed by atoms with Crippen LogP contribution in [0.25, 0.3) is 42.0 Å². The average Bonchev–Trinajstić information content (AvgIpc) is 3.93. The third kappa shape index (κ3) is 9.40. The SMILES string of the molecule is Cl.OC(CCN1CCN(c2ccc3ncccc3c2)CC1)c1csc2ccccc12.OC(CCN1CCN(c2ccnc3ccccc23)CC1)c1csc2ccccc12. The van der Waals surface area contributed by atoms with Crippen molar-refractivity contribution >= 4 is 88.4 Å². The number of aromatic nitrogens is 2. The molecule has 0 saturated carbocycles. The summed E-state index contributed by atoms with van der Waals surface area (Å²) in [4.78, 5) is 18.7. The van der Waals surface area contributed by atoms with E-state index in [2.05, 4.69) is 125 Å². The molecule has 0 bridgehead atoms. The Labute approximate surface area is 360 Å². The number of nitrogens with zero attached hydrogens (tertiary/aromatic N) is 6. The molecule has 0 spiro atoms. The van der Waals surface area contributed by atoms with E-state index < -0.39 is 12.2 Å². The van der Waals surface area contributed by atoms with Crippen LogP contribution in [0.4, 0.5) is 11.4 Å².